The van der Waals surface area contributed by atoms with Crippen LogP contribution in [0.3, 0.4) is 0 Å². The molecule has 1 unspecified atom stereocenters. The average molecular weight is 280 g/mol. The first-order valence-corrected chi connectivity index (χ1v) is 6.81. The van der Waals surface area contributed by atoms with Gasteiger partial charge in [0.1, 0.15) is 0 Å². The van der Waals surface area contributed by atoms with Crippen molar-refractivity contribution < 1.29 is 14.3 Å². The molecule has 0 saturated heterocycles. The lowest BCUT2D eigenvalue weighted by Crippen LogP contribution is -2.31. The summed E-state index contributed by atoms with van der Waals surface area (Å²) in [6, 6.07) is 5.28. The molecular formula is C15H24N2O3. The van der Waals surface area contributed by atoms with Gasteiger partial charge in [0.15, 0.2) is 0 Å². The quantitative estimate of drug-likeness (QED) is 0.593. The number of anilines is 2. The van der Waals surface area contributed by atoms with Crippen LogP contribution in [0.4, 0.5) is 11.4 Å². The van der Waals surface area contributed by atoms with Crippen molar-refractivity contribution in [1.82, 2.24) is 0 Å². The number of hydrogen-bond donors (Lipinski definition) is 2. The van der Waals surface area contributed by atoms with Crippen LogP contribution in [0.15, 0.2) is 18.2 Å². The van der Waals surface area contributed by atoms with Crippen LogP contribution in [0.1, 0.15) is 31.1 Å². The number of nitrogen functional groups attached to an aromatic ring is 1. The zero-order valence-corrected chi connectivity index (χ0v) is 12.6. The molecule has 1 aromatic rings. The molecule has 5 heteroatoms. The van der Waals surface area contributed by atoms with E-state index in [0.717, 1.165) is 5.69 Å². The number of benzene rings is 1. The molecule has 20 heavy (non-hydrogen) atoms. The second kappa shape index (κ2) is 7.75. The van der Waals surface area contributed by atoms with Crippen molar-refractivity contribution >= 4 is 17.3 Å². The van der Waals surface area contributed by atoms with Gasteiger partial charge in [-0.1, -0.05) is 13.8 Å². The van der Waals surface area contributed by atoms with Crippen molar-refractivity contribution in [3.05, 3.63) is 23.8 Å². The van der Waals surface area contributed by atoms with E-state index >= 15 is 0 Å². The predicted molar refractivity (Wildman–Crippen MR) is 80.9 cm³/mol. The van der Waals surface area contributed by atoms with Crippen LogP contribution in [0, 0.1) is 5.92 Å². The molecule has 0 aliphatic heterocycles. The summed E-state index contributed by atoms with van der Waals surface area (Å²) in [6.07, 6.45) is 0. The van der Waals surface area contributed by atoms with Gasteiger partial charge in [-0.15, -0.1) is 0 Å². The van der Waals surface area contributed by atoms with Crippen molar-refractivity contribution in [3.8, 4) is 0 Å². The van der Waals surface area contributed by atoms with Crippen molar-refractivity contribution in [2.75, 3.05) is 31.4 Å². The monoisotopic (exact) mass is 280 g/mol. The van der Waals surface area contributed by atoms with Gasteiger partial charge in [0.05, 0.1) is 36.7 Å². The minimum Gasteiger partial charge on any atom is -0.465 e. The Balaban J connectivity index is 2.82. The molecule has 0 saturated carbocycles. The number of carbonyl (C=O) groups excluding carboxylic acids is 1. The number of nitrogens with two attached hydrogens (primary N) is 1. The van der Waals surface area contributed by atoms with Gasteiger partial charge in [-0.3, -0.25) is 0 Å². The first kappa shape index (κ1) is 16.3. The summed E-state index contributed by atoms with van der Waals surface area (Å²) in [7, 11) is 1.35. The molecule has 5 nitrogen and oxygen atoms in total. The van der Waals surface area contributed by atoms with Gasteiger partial charge in [-0.05, 0) is 31.0 Å². The van der Waals surface area contributed by atoms with Gasteiger partial charge in [-0.2, -0.15) is 0 Å². The highest BCUT2D eigenvalue weighted by molar-refractivity contribution is 5.91. The average Bonchev–Trinajstić information content (AvgIpc) is 2.43. The van der Waals surface area contributed by atoms with Crippen LogP contribution in [0.5, 0.6) is 0 Å². The number of hydrogen-bond acceptors (Lipinski definition) is 5. The maximum absolute atomic E-state index is 11.4. The number of rotatable bonds is 7. The van der Waals surface area contributed by atoms with Crippen LogP contribution in [0.2, 0.25) is 0 Å². The Kier molecular flexibility index (Phi) is 6.31. The summed E-state index contributed by atoms with van der Waals surface area (Å²) in [5.41, 5.74) is 7.75. The molecule has 1 aromatic carbocycles. The fourth-order valence-corrected chi connectivity index (χ4v) is 1.78. The second-order valence-electron chi connectivity index (χ2n) is 4.95. The Morgan fingerprint density at radius 3 is 2.60 bits per heavy atom. The van der Waals surface area contributed by atoms with E-state index in [1.165, 1.54) is 7.11 Å². The minimum atomic E-state index is -0.391. The highest BCUT2D eigenvalue weighted by atomic mass is 16.5. The van der Waals surface area contributed by atoms with Crippen LogP contribution in [-0.2, 0) is 9.47 Å². The molecule has 0 amide bonds. The summed E-state index contributed by atoms with van der Waals surface area (Å²) in [5.74, 6) is 0.0132. The fourth-order valence-electron chi connectivity index (χ4n) is 1.78. The van der Waals surface area contributed by atoms with E-state index in [1.807, 2.05) is 6.92 Å². The Labute approximate surface area is 120 Å². The number of esters is 1. The van der Waals surface area contributed by atoms with Crippen LogP contribution in [0.25, 0.3) is 0 Å². The third kappa shape index (κ3) is 4.42. The van der Waals surface area contributed by atoms with E-state index in [0.29, 0.717) is 30.4 Å². The van der Waals surface area contributed by atoms with Gasteiger partial charge >= 0.3 is 5.97 Å². The summed E-state index contributed by atoms with van der Waals surface area (Å²) in [4.78, 5) is 11.4. The van der Waals surface area contributed by atoms with Crippen LogP contribution in [-0.4, -0.2) is 32.3 Å². The molecule has 0 aliphatic carbocycles. The van der Waals surface area contributed by atoms with Crippen molar-refractivity contribution in [1.29, 1.82) is 0 Å². The standard InChI is InChI=1S/C15H24N2O3/c1-5-20-9-14(10(2)3)17-13-7-6-11(8-12(13)16)15(18)19-4/h6-8,10,14,17H,5,9,16H2,1-4H3. The molecule has 0 bridgehead atoms. The molecule has 0 aliphatic rings. The highest BCUT2D eigenvalue weighted by Gasteiger charge is 2.15. The van der Waals surface area contributed by atoms with Gasteiger partial charge in [0, 0.05) is 6.61 Å². The summed E-state index contributed by atoms with van der Waals surface area (Å²) in [5, 5.41) is 3.36. The van der Waals surface area contributed by atoms with E-state index in [9.17, 15) is 4.79 Å². The normalized spacial score (nSPS) is 12.2. The Morgan fingerprint density at radius 1 is 1.40 bits per heavy atom. The predicted octanol–water partition coefficient (Wildman–Crippen LogP) is 2.53. The number of methoxy groups -OCH3 is 1. The van der Waals surface area contributed by atoms with E-state index in [4.69, 9.17) is 10.5 Å². The SMILES string of the molecule is CCOCC(Nc1ccc(C(=O)OC)cc1N)C(C)C. The van der Waals surface area contributed by atoms with Gasteiger partial charge < -0.3 is 20.5 Å². The molecule has 1 atom stereocenters. The lowest BCUT2D eigenvalue weighted by molar-refractivity contribution is 0.0601. The van der Waals surface area contributed by atoms with Crippen LogP contribution < -0.4 is 11.1 Å². The van der Waals surface area contributed by atoms with Crippen molar-refractivity contribution in [2.24, 2.45) is 5.92 Å². The summed E-state index contributed by atoms with van der Waals surface area (Å²) < 4.78 is 10.1. The molecule has 112 valence electrons. The first-order valence-electron chi connectivity index (χ1n) is 6.81. The first-order chi connectivity index (χ1) is 9.49. The van der Waals surface area contributed by atoms with Gasteiger partial charge in [-0.25, -0.2) is 4.79 Å². The maximum Gasteiger partial charge on any atom is 0.337 e. The molecular weight excluding hydrogens is 256 g/mol. The van der Waals surface area contributed by atoms with E-state index in [2.05, 4.69) is 23.9 Å². The largest absolute Gasteiger partial charge is 0.465 e. The molecule has 0 aromatic heterocycles. The second-order valence-corrected chi connectivity index (χ2v) is 4.95. The lowest BCUT2D eigenvalue weighted by Gasteiger charge is -2.24. The molecule has 0 radical (unpaired) electrons. The highest BCUT2D eigenvalue weighted by Crippen LogP contribution is 2.22. The lowest BCUT2D eigenvalue weighted by atomic mass is 10.0. The Bertz CT molecular complexity index is 447. The third-order valence-corrected chi connectivity index (χ3v) is 3.12. The third-order valence-electron chi connectivity index (χ3n) is 3.12. The van der Waals surface area contributed by atoms with Crippen molar-refractivity contribution in [2.45, 2.75) is 26.8 Å². The smallest absolute Gasteiger partial charge is 0.337 e. The van der Waals surface area contributed by atoms with Gasteiger partial charge in [0.25, 0.3) is 0 Å². The van der Waals surface area contributed by atoms with Crippen molar-refractivity contribution in [3.63, 3.8) is 0 Å². The molecule has 0 heterocycles. The zero-order valence-electron chi connectivity index (χ0n) is 12.6. The molecule has 3 N–H and O–H groups in total. The van der Waals surface area contributed by atoms with Gasteiger partial charge in [0.2, 0.25) is 0 Å². The number of nitrogens with one attached hydrogen (secondary N) is 1. The van der Waals surface area contributed by atoms with E-state index in [1.54, 1.807) is 18.2 Å². The molecule has 0 spiro atoms. The van der Waals surface area contributed by atoms with Crippen LogP contribution >= 0.6 is 0 Å². The number of carbonyl (C=O) groups is 1. The van der Waals surface area contributed by atoms with E-state index < -0.39 is 5.97 Å². The Morgan fingerprint density at radius 2 is 2.10 bits per heavy atom. The topological polar surface area (TPSA) is 73.6 Å². The maximum atomic E-state index is 11.4. The van der Waals surface area contributed by atoms with E-state index in [-0.39, 0.29) is 6.04 Å². The zero-order chi connectivity index (χ0) is 15.1. The fraction of sp³-hybridized carbons (Fsp3) is 0.533. The summed E-state index contributed by atoms with van der Waals surface area (Å²) >= 11 is 0. The minimum absolute atomic E-state index is 0.168. The number of ether oxygens (including phenoxy) is 2. The molecule has 1 rings (SSSR count). The summed E-state index contributed by atoms with van der Waals surface area (Å²) in [6.45, 7) is 7.51. The molecule has 0 fully saturated rings. The Hall–Kier alpha value is -1.75.